The van der Waals surface area contributed by atoms with Gasteiger partial charge in [0.2, 0.25) is 0 Å². The van der Waals surface area contributed by atoms with Crippen LogP contribution >= 0.6 is 23.5 Å². The van der Waals surface area contributed by atoms with Crippen molar-refractivity contribution in [2.24, 2.45) is 0 Å². The fourth-order valence-corrected chi connectivity index (χ4v) is 5.39. The minimum atomic E-state index is 0.0671. The van der Waals surface area contributed by atoms with Crippen LogP contribution in [0.1, 0.15) is 33.7 Å². The van der Waals surface area contributed by atoms with Crippen LogP contribution in [-0.2, 0) is 5.75 Å². The van der Waals surface area contributed by atoms with Crippen LogP contribution < -0.4 is 4.90 Å². The summed E-state index contributed by atoms with van der Waals surface area (Å²) in [6.07, 6.45) is 0.985. The van der Waals surface area contributed by atoms with Gasteiger partial charge in [0.15, 0.2) is 5.16 Å². The van der Waals surface area contributed by atoms with E-state index in [0.717, 1.165) is 52.1 Å². The molecule has 0 N–H and O–H groups in total. The lowest BCUT2D eigenvalue weighted by Gasteiger charge is -2.23. The van der Waals surface area contributed by atoms with Gasteiger partial charge in [0.05, 0.1) is 5.69 Å². The number of hydrogen-bond acceptors (Lipinski definition) is 5. The van der Waals surface area contributed by atoms with Gasteiger partial charge in [-0.3, -0.25) is 4.79 Å². The summed E-state index contributed by atoms with van der Waals surface area (Å²) >= 11 is 3.40. The molecule has 0 spiro atoms. The second-order valence-corrected chi connectivity index (χ2v) is 9.08. The molecule has 6 heteroatoms. The van der Waals surface area contributed by atoms with Crippen molar-refractivity contribution < 1.29 is 4.79 Å². The Kier molecular flexibility index (Phi) is 6.21. The number of para-hydroxylation sites is 1. The lowest BCUT2D eigenvalue weighted by Crippen LogP contribution is -2.32. The van der Waals surface area contributed by atoms with E-state index in [1.807, 2.05) is 79.0 Å². The Morgan fingerprint density at radius 2 is 1.79 bits per heavy atom. The van der Waals surface area contributed by atoms with Gasteiger partial charge < -0.3 is 4.90 Å². The van der Waals surface area contributed by atoms with Gasteiger partial charge in [-0.25, -0.2) is 9.97 Å². The molecule has 148 valence electrons. The van der Waals surface area contributed by atoms with Gasteiger partial charge in [-0.1, -0.05) is 42.1 Å². The number of fused-ring (bicyclic) bond motifs is 1. The predicted octanol–water partition coefficient (Wildman–Crippen LogP) is 5.53. The van der Waals surface area contributed by atoms with Crippen LogP contribution in [0, 0.1) is 13.8 Å². The molecule has 29 heavy (non-hydrogen) atoms. The highest BCUT2D eigenvalue weighted by Crippen LogP contribution is 2.35. The van der Waals surface area contributed by atoms with Crippen molar-refractivity contribution in [2.75, 3.05) is 17.2 Å². The van der Waals surface area contributed by atoms with Crippen molar-refractivity contribution in [1.29, 1.82) is 0 Å². The number of nitrogens with zero attached hydrogens (tertiary/aromatic N) is 3. The first kappa shape index (κ1) is 20.0. The summed E-state index contributed by atoms with van der Waals surface area (Å²) in [6.45, 7) is 4.69. The van der Waals surface area contributed by atoms with E-state index in [1.165, 1.54) is 4.90 Å². The van der Waals surface area contributed by atoms with E-state index in [1.54, 1.807) is 11.8 Å². The predicted molar refractivity (Wildman–Crippen MR) is 121 cm³/mol. The van der Waals surface area contributed by atoms with E-state index >= 15 is 0 Å². The van der Waals surface area contributed by atoms with E-state index in [2.05, 4.69) is 16.0 Å². The third kappa shape index (κ3) is 4.65. The van der Waals surface area contributed by atoms with Crippen molar-refractivity contribution >= 4 is 35.1 Å². The topological polar surface area (TPSA) is 46.1 Å². The van der Waals surface area contributed by atoms with E-state index in [9.17, 15) is 4.79 Å². The summed E-state index contributed by atoms with van der Waals surface area (Å²) in [6, 6.07) is 18.0. The maximum atomic E-state index is 13.5. The monoisotopic (exact) mass is 421 g/mol. The second kappa shape index (κ2) is 9.01. The highest BCUT2D eigenvalue weighted by atomic mass is 32.2. The Bertz CT molecular complexity index is 1020. The maximum absolute atomic E-state index is 13.5. The number of benzene rings is 2. The molecule has 3 aromatic rings. The van der Waals surface area contributed by atoms with Gasteiger partial charge in [0, 0.05) is 34.1 Å². The number of anilines is 1. The van der Waals surface area contributed by atoms with Crippen molar-refractivity contribution in [1.82, 2.24) is 9.97 Å². The molecule has 0 unspecified atom stereocenters. The number of carbonyl (C=O) groups excluding carboxylic acids is 1. The van der Waals surface area contributed by atoms with E-state index in [4.69, 9.17) is 0 Å². The average Bonchev–Trinajstić information content (AvgIpc) is 2.94. The average molecular weight is 422 g/mol. The fraction of sp³-hybridized carbons (Fsp3) is 0.261. The Morgan fingerprint density at radius 3 is 2.62 bits per heavy atom. The van der Waals surface area contributed by atoms with E-state index < -0.39 is 0 Å². The molecule has 0 aliphatic carbocycles. The molecule has 0 saturated carbocycles. The van der Waals surface area contributed by atoms with Crippen LogP contribution in [0.2, 0.25) is 0 Å². The van der Waals surface area contributed by atoms with Gasteiger partial charge in [-0.15, -0.1) is 11.8 Å². The van der Waals surface area contributed by atoms with Gasteiger partial charge in [-0.2, -0.15) is 0 Å². The molecule has 1 aliphatic rings. The zero-order chi connectivity index (χ0) is 20.2. The van der Waals surface area contributed by atoms with Gasteiger partial charge in [0.1, 0.15) is 0 Å². The maximum Gasteiger partial charge on any atom is 0.258 e. The third-order valence-corrected chi connectivity index (χ3v) is 6.80. The molecule has 4 rings (SSSR count). The number of hydrogen-bond donors (Lipinski definition) is 0. The first-order valence-corrected chi connectivity index (χ1v) is 11.7. The highest BCUT2D eigenvalue weighted by molar-refractivity contribution is 7.99. The lowest BCUT2D eigenvalue weighted by molar-refractivity contribution is 0.0986. The van der Waals surface area contributed by atoms with Crippen molar-refractivity contribution in [3.63, 3.8) is 0 Å². The van der Waals surface area contributed by atoms with Crippen LogP contribution in [0.4, 0.5) is 5.69 Å². The summed E-state index contributed by atoms with van der Waals surface area (Å²) in [7, 11) is 0. The largest absolute Gasteiger partial charge is 0.307 e. The molecular weight excluding hydrogens is 398 g/mol. The SMILES string of the molecule is Cc1cc(C)nc(SCc2ccccc2C(=O)N2CCCSc3ccccc32)n1. The highest BCUT2D eigenvalue weighted by Gasteiger charge is 2.24. The van der Waals surface area contributed by atoms with E-state index in [-0.39, 0.29) is 5.91 Å². The van der Waals surface area contributed by atoms with Gasteiger partial charge in [-0.05, 0) is 55.9 Å². The van der Waals surface area contributed by atoms with Crippen LogP contribution in [0.5, 0.6) is 0 Å². The van der Waals surface area contributed by atoms with Crippen LogP contribution in [0.15, 0.2) is 64.6 Å². The Hall–Kier alpha value is -2.31. The first-order chi connectivity index (χ1) is 14.1. The number of carbonyl (C=O) groups is 1. The molecule has 4 nitrogen and oxygen atoms in total. The molecule has 0 saturated heterocycles. The number of amides is 1. The van der Waals surface area contributed by atoms with Crippen molar-refractivity contribution in [3.8, 4) is 0 Å². The fourth-order valence-electron chi connectivity index (χ4n) is 3.44. The summed E-state index contributed by atoms with van der Waals surface area (Å²) in [5, 5.41) is 0.751. The van der Waals surface area contributed by atoms with Gasteiger partial charge >= 0.3 is 0 Å². The summed E-state index contributed by atoms with van der Waals surface area (Å²) in [5.74, 6) is 1.76. The minimum absolute atomic E-state index is 0.0671. The van der Waals surface area contributed by atoms with Crippen LogP contribution in [0.3, 0.4) is 0 Å². The molecule has 2 heterocycles. The van der Waals surface area contributed by atoms with Crippen molar-refractivity contribution in [3.05, 3.63) is 77.1 Å². The summed E-state index contributed by atoms with van der Waals surface area (Å²) < 4.78 is 0. The molecule has 2 aromatic carbocycles. The Balaban J connectivity index is 1.60. The normalized spacial score (nSPS) is 13.7. The van der Waals surface area contributed by atoms with Crippen LogP contribution in [0.25, 0.3) is 0 Å². The van der Waals surface area contributed by atoms with Crippen LogP contribution in [-0.4, -0.2) is 28.2 Å². The number of aromatic nitrogens is 2. The number of aryl methyl sites for hydroxylation is 2. The molecule has 0 radical (unpaired) electrons. The Morgan fingerprint density at radius 1 is 1.07 bits per heavy atom. The minimum Gasteiger partial charge on any atom is -0.307 e. The Labute approximate surface area is 180 Å². The second-order valence-electron chi connectivity index (χ2n) is 7.01. The van der Waals surface area contributed by atoms with Crippen molar-refractivity contribution in [2.45, 2.75) is 36.1 Å². The molecular formula is C23H23N3OS2. The number of rotatable bonds is 4. The molecule has 0 atom stereocenters. The molecule has 1 aliphatic heterocycles. The lowest BCUT2D eigenvalue weighted by atomic mass is 10.1. The molecule has 0 fully saturated rings. The standard InChI is InChI=1S/C23H23N3OS2/c1-16-14-17(2)25-23(24-16)29-15-18-8-3-4-9-19(18)22(27)26-12-7-13-28-21-11-6-5-10-20(21)26/h3-6,8-11,14H,7,12-13,15H2,1-2H3. The molecule has 0 bridgehead atoms. The summed E-state index contributed by atoms with van der Waals surface area (Å²) in [5.41, 5.74) is 4.71. The number of thioether (sulfide) groups is 2. The van der Waals surface area contributed by atoms with Gasteiger partial charge in [0.25, 0.3) is 5.91 Å². The quantitative estimate of drug-likeness (QED) is 0.409. The first-order valence-electron chi connectivity index (χ1n) is 9.68. The van der Waals surface area contributed by atoms with E-state index in [0.29, 0.717) is 5.75 Å². The molecule has 1 aromatic heterocycles. The summed E-state index contributed by atoms with van der Waals surface area (Å²) in [4.78, 5) is 25.7. The smallest absolute Gasteiger partial charge is 0.258 e. The molecule has 1 amide bonds. The zero-order valence-corrected chi connectivity index (χ0v) is 18.2. The zero-order valence-electron chi connectivity index (χ0n) is 16.6. The third-order valence-electron chi connectivity index (χ3n) is 4.75.